The molecule has 1 aliphatic carbocycles. The maximum absolute atomic E-state index is 12.1. The number of benzene rings is 1. The van der Waals surface area contributed by atoms with E-state index in [1.165, 1.54) is 17.5 Å². The van der Waals surface area contributed by atoms with E-state index in [1.54, 1.807) is 0 Å². The Labute approximate surface area is 115 Å². The van der Waals surface area contributed by atoms with Gasteiger partial charge in [-0.25, -0.2) is 0 Å². The maximum Gasteiger partial charge on any atom is 0.137 e. The van der Waals surface area contributed by atoms with Gasteiger partial charge in [0.1, 0.15) is 5.78 Å². The fourth-order valence-electron chi connectivity index (χ4n) is 3.59. The number of Topliss-reactive ketones (excluding diaryl/α,β-unsaturated/α-hetero) is 1. The molecule has 1 aromatic rings. The van der Waals surface area contributed by atoms with Crippen LogP contribution in [-0.4, -0.2) is 17.2 Å². The molecule has 102 valence electrons. The topological polar surface area (TPSA) is 20.3 Å². The predicted molar refractivity (Wildman–Crippen MR) is 76.7 cm³/mol. The van der Waals surface area contributed by atoms with Crippen LogP contribution < -0.4 is 0 Å². The molecule has 0 N–H and O–H groups in total. The minimum absolute atomic E-state index is 0.285. The Morgan fingerprint density at radius 1 is 1.21 bits per heavy atom. The first-order valence-corrected chi connectivity index (χ1v) is 7.58. The molecule has 2 aliphatic rings. The van der Waals surface area contributed by atoms with Crippen LogP contribution in [0.1, 0.15) is 43.7 Å². The summed E-state index contributed by atoms with van der Waals surface area (Å²) in [6.07, 6.45) is 4.27. The summed E-state index contributed by atoms with van der Waals surface area (Å²) in [5.41, 5.74) is 2.88. The lowest BCUT2D eigenvalue weighted by Gasteiger charge is -2.30. The third kappa shape index (κ3) is 2.74. The van der Waals surface area contributed by atoms with Crippen molar-refractivity contribution in [3.05, 3.63) is 35.4 Å². The van der Waals surface area contributed by atoms with Gasteiger partial charge in [-0.2, -0.15) is 0 Å². The van der Waals surface area contributed by atoms with Gasteiger partial charge in [0.2, 0.25) is 0 Å². The summed E-state index contributed by atoms with van der Waals surface area (Å²) in [5, 5.41) is 0. The van der Waals surface area contributed by atoms with Gasteiger partial charge in [-0.3, -0.25) is 9.69 Å². The highest BCUT2D eigenvalue weighted by atomic mass is 16.1. The number of carbonyl (C=O) groups excluding carboxylic acids is 1. The van der Waals surface area contributed by atoms with Gasteiger partial charge >= 0.3 is 0 Å². The molecule has 1 saturated carbocycles. The van der Waals surface area contributed by atoms with Gasteiger partial charge in [-0.15, -0.1) is 0 Å². The molecule has 0 spiro atoms. The van der Waals surface area contributed by atoms with Crippen LogP contribution in [0, 0.1) is 11.8 Å². The van der Waals surface area contributed by atoms with Crippen LogP contribution in [0.15, 0.2) is 24.3 Å². The van der Waals surface area contributed by atoms with E-state index in [0.717, 1.165) is 44.8 Å². The molecule has 2 heteroatoms. The van der Waals surface area contributed by atoms with Gasteiger partial charge in [0.25, 0.3) is 0 Å². The predicted octanol–water partition coefficient (Wildman–Crippen LogP) is 3.40. The molecule has 0 radical (unpaired) electrons. The van der Waals surface area contributed by atoms with Crippen molar-refractivity contribution < 1.29 is 4.79 Å². The summed E-state index contributed by atoms with van der Waals surface area (Å²) in [6, 6.07) is 8.65. The zero-order chi connectivity index (χ0) is 13.2. The molecule has 2 atom stereocenters. The lowest BCUT2D eigenvalue weighted by Crippen LogP contribution is -2.34. The normalized spacial score (nSPS) is 27.5. The summed E-state index contributed by atoms with van der Waals surface area (Å²) in [5.74, 6) is 1.56. The Kier molecular flexibility index (Phi) is 3.69. The quantitative estimate of drug-likeness (QED) is 0.827. The molecule has 2 nitrogen and oxygen atoms in total. The van der Waals surface area contributed by atoms with Crippen molar-refractivity contribution in [2.75, 3.05) is 6.54 Å². The fourth-order valence-corrected chi connectivity index (χ4v) is 3.59. The molecule has 0 aromatic heterocycles. The van der Waals surface area contributed by atoms with Crippen molar-refractivity contribution >= 4 is 5.78 Å². The monoisotopic (exact) mass is 257 g/mol. The second-order valence-corrected chi connectivity index (χ2v) is 6.15. The number of nitrogens with zero attached hydrogens (tertiary/aromatic N) is 1. The molecule has 1 aliphatic heterocycles. The summed E-state index contributed by atoms with van der Waals surface area (Å²) in [7, 11) is 0. The van der Waals surface area contributed by atoms with Gasteiger partial charge in [0.15, 0.2) is 0 Å². The van der Waals surface area contributed by atoms with Crippen molar-refractivity contribution in [1.29, 1.82) is 0 Å². The number of hydrogen-bond donors (Lipinski definition) is 0. The van der Waals surface area contributed by atoms with Gasteiger partial charge in [0.05, 0.1) is 0 Å². The second kappa shape index (κ2) is 5.46. The van der Waals surface area contributed by atoms with Gasteiger partial charge in [-0.1, -0.05) is 37.6 Å². The number of fused-ring (bicyclic) bond motifs is 1. The van der Waals surface area contributed by atoms with Crippen molar-refractivity contribution in [3.63, 3.8) is 0 Å². The molecule has 3 rings (SSSR count). The van der Waals surface area contributed by atoms with Crippen molar-refractivity contribution in [1.82, 2.24) is 4.90 Å². The van der Waals surface area contributed by atoms with Crippen molar-refractivity contribution in [2.45, 2.75) is 45.7 Å². The molecule has 1 aromatic carbocycles. The largest absolute Gasteiger partial charge is 0.299 e. The molecule has 2 unspecified atom stereocenters. The van der Waals surface area contributed by atoms with Crippen LogP contribution in [0.4, 0.5) is 0 Å². The van der Waals surface area contributed by atoms with Crippen LogP contribution in [0.3, 0.4) is 0 Å². The Hall–Kier alpha value is -1.15. The summed E-state index contributed by atoms with van der Waals surface area (Å²) >= 11 is 0. The summed E-state index contributed by atoms with van der Waals surface area (Å²) in [4.78, 5) is 14.5. The van der Waals surface area contributed by atoms with Crippen LogP contribution in [0.25, 0.3) is 0 Å². The summed E-state index contributed by atoms with van der Waals surface area (Å²) < 4.78 is 0. The molecule has 0 saturated heterocycles. The average molecular weight is 257 g/mol. The van der Waals surface area contributed by atoms with E-state index in [-0.39, 0.29) is 5.92 Å². The zero-order valence-corrected chi connectivity index (χ0v) is 11.8. The first-order valence-electron chi connectivity index (χ1n) is 7.58. The number of hydrogen-bond acceptors (Lipinski definition) is 2. The van der Waals surface area contributed by atoms with E-state index in [2.05, 4.69) is 36.1 Å². The van der Waals surface area contributed by atoms with Crippen LogP contribution in [-0.2, 0) is 17.9 Å². The molecule has 19 heavy (non-hydrogen) atoms. The fraction of sp³-hybridized carbons (Fsp3) is 0.588. The second-order valence-electron chi connectivity index (χ2n) is 6.15. The number of rotatable bonds is 3. The number of carbonyl (C=O) groups is 1. The Balaban J connectivity index is 1.62. The lowest BCUT2D eigenvalue weighted by atomic mass is 9.79. The first-order chi connectivity index (χ1) is 9.26. The standard InChI is InChI=1S/C17H23NO/c1-2-13-7-8-17(19)16(9-13)12-18-10-14-5-3-4-6-15(14)11-18/h3-6,13,16H,2,7-12H2,1H3. The molecule has 0 bridgehead atoms. The van der Waals surface area contributed by atoms with Crippen LogP contribution >= 0.6 is 0 Å². The minimum atomic E-state index is 0.285. The lowest BCUT2D eigenvalue weighted by molar-refractivity contribution is -0.126. The highest BCUT2D eigenvalue weighted by molar-refractivity contribution is 5.82. The molecular weight excluding hydrogens is 234 g/mol. The molecule has 1 fully saturated rings. The third-order valence-electron chi connectivity index (χ3n) is 4.83. The maximum atomic E-state index is 12.1. The highest BCUT2D eigenvalue weighted by Gasteiger charge is 2.30. The van der Waals surface area contributed by atoms with Crippen LogP contribution in [0.5, 0.6) is 0 Å². The van der Waals surface area contributed by atoms with E-state index in [9.17, 15) is 4.79 Å². The molecular formula is C17H23NO. The van der Waals surface area contributed by atoms with Crippen LogP contribution in [0.2, 0.25) is 0 Å². The Morgan fingerprint density at radius 3 is 2.53 bits per heavy atom. The average Bonchev–Trinajstić information content (AvgIpc) is 2.83. The zero-order valence-electron chi connectivity index (χ0n) is 11.8. The van der Waals surface area contributed by atoms with Gasteiger partial charge in [0, 0.05) is 32.0 Å². The molecule has 0 amide bonds. The van der Waals surface area contributed by atoms with E-state index in [1.807, 2.05) is 0 Å². The van der Waals surface area contributed by atoms with Crippen molar-refractivity contribution in [3.8, 4) is 0 Å². The van der Waals surface area contributed by atoms with E-state index >= 15 is 0 Å². The smallest absolute Gasteiger partial charge is 0.137 e. The highest BCUT2D eigenvalue weighted by Crippen LogP contribution is 2.31. The number of ketones is 1. The van der Waals surface area contributed by atoms with E-state index in [4.69, 9.17) is 0 Å². The molecule has 1 heterocycles. The Morgan fingerprint density at radius 2 is 1.89 bits per heavy atom. The van der Waals surface area contributed by atoms with Gasteiger partial charge < -0.3 is 0 Å². The summed E-state index contributed by atoms with van der Waals surface area (Å²) in [6.45, 7) is 5.26. The third-order valence-corrected chi connectivity index (χ3v) is 4.83. The SMILES string of the molecule is CCC1CCC(=O)C(CN2Cc3ccccc3C2)C1. The van der Waals surface area contributed by atoms with E-state index in [0.29, 0.717) is 5.78 Å². The minimum Gasteiger partial charge on any atom is -0.299 e. The van der Waals surface area contributed by atoms with Gasteiger partial charge in [-0.05, 0) is 29.9 Å². The van der Waals surface area contributed by atoms with Crippen molar-refractivity contribution in [2.24, 2.45) is 11.8 Å². The Bertz CT molecular complexity index is 443. The first kappa shape index (κ1) is 12.9. The van der Waals surface area contributed by atoms with E-state index < -0.39 is 0 Å².